The lowest BCUT2D eigenvalue weighted by molar-refractivity contribution is 0.105. The predicted octanol–water partition coefficient (Wildman–Crippen LogP) is 1.38. The standard InChI is InChI=1S/C12H26N2O/c1-10(4-3-6-13)8-14-9-12-5-7-15-11(12)2/h10-12,14H,3-9,13H2,1-2H3. The van der Waals surface area contributed by atoms with E-state index in [2.05, 4.69) is 19.2 Å². The van der Waals surface area contributed by atoms with Crippen molar-refractivity contribution < 1.29 is 4.74 Å². The van der Waals surface area contributed by atoms with Gasteiger partial charge in [-0.15, -0.1) is 0 Å². The molecule has 1 heterocycles. The number of rotatable bonds is 7. The third kappa shape index (κ3) is 4.96. The van der Waals surface area contributed by atoms with E-state index in [0.29, 0.717) is 12.0 Å². The normalized spacial score (nSPS) is 28.2. The van der Waals surface area contributed by atoms with Crippen LogP contribution < -0.4 is 11.1 Å². The molecular formula is C12H26N2O. The van der Waals surface area contributed by atoms with E-state index in [0.717, 1.165) is 38.6 Å². The van der Waals surface area contributed by atoms with E-state index in [4.69, 9.17) is 10.5 Å². The summed E-state index contributed by atoms with van der Waals surface area (Å²) in [6, 6.07) is 0. The van der Waals surface area contributed by atoms with Crippen LogP contribution in [-0.2, 0) is 4.74 Å². The summed E-state index contributed by atoms with van der Waals surface area (Å²) in [4.78, 5) is 0. The van der Waals surface area contributed by atoms with Gasteiger partial charge in [0.25, 0.3) is 0 Å². The zero-order valence-electron chi connectivity index (χ0n) is 10.2. The highest BCUT2D eigenvalue weighted by atomic mass is 16.5. The summed E-state index contributed by atoms with van der Waals surface area (Å²) in [5.41, 5.74) is 5.49. The molecular weight excluding hydrogens is 188 g/mol. The van der Waals surface area contributed by atoms with E-state index in [-0.39, 0.29) is 0 Å². The highest BCUT2D eigenvalue weighted by Gasteiger charge is 2.23. The van der Waals surface area contributed by atoms with Crippen molar-refractivity contribution in [1.82, 2.24) is 5.32 Å². The van der Waals surface area contributed by atoms with Gasteiger partial charge in [-0.3, -0.25) is 0 Å². The van der Waals surface area contributed by atoms with E-state index in [1.807, 2.05) is 0 Å². The summed E-state index contributed by atoms with van der Waals surface area (Å²) >= 11 is 0. The SMILES string of the molecule is CC(CCCN)CNCC1CCOC1C. The van der Waals surface area contributed by atoms with Crippen LogP contribution in [0.25, 0.3) is 0 Å². The van der Waals surface area contributed by atoms with Crippen LogP contribution >= 0.6 is 0 Å². The molecule has 1 aliphatic heterocycles. The van der Waals surface area contributed by atoms with Gasteiger partial charge in [0.2, 0.25) is 0 Å². The molecule has 90 valence electrons. The molecule has 3 heteroatoms. The third-order valence-electron chi connectivity index (χ3n) is 3.33. The second-order valence-electron chi connectivity index (χ2n) is 4.82. The van der Waals surface area contributed by atoms with Crippen molar-refractivity contribution in [2.45, 2.75) is 39.2 Å². The lowest BCUT2D eigenvalue weighted by Gasteiger charge is -2.17. The Morgan fingerprint density at radius 1 is 1.53 bits per heavy atom. The molecule has 1 fully saturated rings. The van der Waals surface area contributed by atoms with Crippen LogP contribution in [0.2, 0.25) is 0 Å². The van der Waals surface area contributed by atoms with Crippen molar-refractivity contribution in [3.8, 4) is 0 Å². The summed E-state index contributed by atoms with van der Waals surface area (Å²) in [6.07, 6.45) is 4.04. The number of hydrogen-bond donors (Lipinski definition) is 2. The first-order valence-electron chi connectivity index (χ1n) is 6.26. The Bertz CT molecular complexity index is 164. The number of ether oxygens (including phenoxy) is 1. The molecule has 0 aromatic carbocycles. The van der Waals surface area contributed by atoms with Gasteiger partial charge in [0.1, 0.15) is 0 Å². The van der Waals surface area contributed by atoms with Gasteiger partial charge < -0.3 is 15.8 Å². The minimum atomic E-state index is 0.442. The topological polar surface area (TPSA) is 47.3 Å². The van der Waals surface area contributed by atoms with Gasteiger partial charge in [0.15, 0.2) is 0 Å². The van der Waals surface area contributed by atoms with E-state index < -0.39 is 0 Å². The Hall–Kier alpha value is -0.120. The van der Waals surface area contributed by atoms with Crippen LogP contribution in [-0.4, -0.2) is 32.3 Å². The van der Waals surface area contributed by atoms with Gasteiger partial charge in [0.05, 0.1) is 6.10 Å². The van der Waals surface area contributed by atoms with Gasteiger partial charge >= 0.3 is 0 Å². The van der Waals surface area contributed by atoms with Gasteiger partial charge in [-0.2, -0.15) is 0 Å². The Balaban J connectivity index is 2.00. The van der Waals surface area contributed by atoms with Gasteiger partial charge in [-0.1, -0.05) is 6.92 Å². The van der Waals surface area contributed by atoms with Gasteiger partial charge in [-0.05, 0) is 51.1 Å². The molecule has 1 aliphatic rings. The predicted molar refractivity (Wildman–Crippen MR) is 63.8 cm³/mol. The largest absolute Gasteiger partial charge is 0.378 e. The van der Waals surface area contributed by atoms with Crippen molar-refractivity contribution in [3.05, 3.63) is 0 Å². The molecule has 3 N–H and O–H groups in total. The molecule has 3 nitrogen and oxygen atoms in total. The van der Waals surface area contributed by atoms with Crippen LogP contribution in [0.5, 0.6) is 0 Å². The summed E-state index contributed by atoms with van der Waals surface area (Å²) in [5, 5.41) is 3.55. The summed E-state index contributed by atoms with van der Waals surface area (Å²) < 4.78 is 5.53. The lowest BCUT2D eigenvalue weighted by Crippen LogP contribution is -2.30. The Morgan fingerprint density at radius 3 is 2.93 bits per heavy atom. The van der Waals surface area contributed by atoms with Crippen molar-refractivity contribution in [2.75, 3.05) is 26.2 Å². The first-order valence-corrected chi connectivity index (χ1v) is 6.26. The smallest absolute Gasteiger partial charge is 0.0588 e. The fourth-order valence-electron chi connectivity index (χ4n) is 2.13. The maximum atomic E-state index is 5.53. The van der Waals surface area contributed by atoms with Crippen LogP contribution in [0.1, 0.15) is 33.1 Å². The van der Waals surface area contributed by atoms with Gasteiger partial charge in [-0.25, -0.2) is 0 Å². The minimum Gasteiger partial charge on any atom is -0.378 e. The van der Waals surface area contributed by atoms with E-state index in [9.17, 15) is 0 Å². The third-order valence-corrected chi connectivity index (χ3v) is 3.33. The molecule has 0 spiro atoms. The maximum absolute atomic E-state index is 5.53. The number of hydrogen-bond acceptors (Lipinski definition) is 3. The molecule has 3 unspecified atom stereocenters. The first kappa shape index (κ1) is 12.9. The number of nitrogens with two attached hydrogens (primary N) is 1. The van der Waals surface area contributed by atoms with Crippen molar-refractivity contribution >= 4 is 0 Å². The molecule has 0 amide bonds. The average Bonchev–Trinajstić information content (AvgIpc) is 2.61. The van der Waals surface area contributed by atoms with E-state index >= 15 is 0 Å². The lowest BCUT2D eigenvalue weighted by atomic mass is 10.0. The van der Waals surface area contributed by atoms with E-state index in [1.165, 1.54) is 12.8 Å². The summed E-state index contributed by atoms with van der Waals surface area (Å²) in [6.45, 7) is 8.44. The Morgan fingerprint density at radius 2 is 2.33 bits per heavy atom. The zero-order chi connectivity index (χ0) is 11.1. The molecule has 15 heavy (non-hydrogen) atoms. The summed E-state index contributed by atoms with van der Waals surface area (Å²) in [7, 11) is 0. The molecule has 1 rings (SSSR count). The van der Waals surface area contributed by atoms with Gasteiger partial charge in [0, 0.05) is 13.2 Å². The van der Waals surface area contributed by atoms with E-state index in [1.54, 1.807) is 0 Å². The fourth-order valence-corrected chi connectivity index (χ4v) is 2.13. The molecule has 0 radical (unpaired) electrons. The maximum Gasteiger partial charge on any atom is 0.0588 e. The summed E-state index contributed by atoms with van der Waals surface area (Å²) in [5.74, 6) is 1.46. The molecule has 3 atom stereocenters. The fraction of sp³-hybridized carbons (Fsp3) is 1.00. The van der Waals surface area contributed by atoms with Crippen molar-refractivity contribution in [1.29, 1.82) is 0 Å². The molecule has 0 aromatic heterocycles. The van der Waals surface area contributed by atoms with Crippen LogP contribution in [0, 0.1) is 11.8 Å². The molecule has 1 saturated heterocycles. The molecule has 0 aliphatic carbocycles. The van der Waals surface area contributed by atoms with Crippen LogP contribution in [0.4, 0.5) is 0 Å². The second-order valence-corrected chi connectivity index (χ2v) is 4.82. The van der Waals surface area contributed by atoms with Crippen LogP contribution in [0.15, 0.2) is 0 Å². The quantitative estimate of drug-likeness (QED) is 0.673. The second kappa shape index (κ2) is 7.20. The average molecular weight is 214 g/mol. The highest BCUT2D eigenvalue weighted by molar-refractivity contribution is 4.74. The Labute approximate surface area is 93.8 Å². The molecule has 0 saturated carbocycles. The Kier molecular flexibility index (Phi) is 6.22. The van der Waals surface area contributed by atoms with Crippen molar-refractivity contribution in [3.63, 3.8) is 0 Å². The molecule has 0 aromatic rings. The number of nitrogens with one attached hydrogen (secondary N) is 1. The zero-order valence-corrected chi connectivity index (χ0v) is 10.2. The van der Waals surface area contributed by atoms with Crippen molar-refractivity contribution in [2.24, 2.45) is 17.6 Å². The minimum absolute atomic E-state index is 0.442. The molecule has 0 bridgehead atoms. The highest BCUT2D eigenvalue weighted by Crippen LogP contribution is 2.19. The first-order chi connectivity index (χ1) is 7.24. The van der Waals surface area contributed by atoms with Crippen LogP contribution in [0.3, 0.4) is 0 Å². The monoisotopic (exact) mass is 214 g/mol.